The standard InChI is InChI=1S/C19H14F3N7O2/c20-19(21,22)18-26-15(27-31-18)12-2-1-3-13(10-12)17(30)29-8-6-28(7-9-29)16-14(11-23)24-4-5-25-16/h1-5,10H,6-9H2. The van der Waals surface area contributed by atoms with Gasteiger partial charge in [-0.1, -0.05) is 17.3 Å². The Morgan fingerprint density at radius 2 is 1.87 bits per heavy atom. The summed E-state index contributed by atoms with van der Waals surface area (Å²) >= 11 is 0. The molecule has 0 atom stereocenters. The number of anilines is 1. The average Bonchev–Trinajstić information content (AvgIpc) is 3.30. The van der Waals surface area contributed by atoms with E-state index < -0.39 is 12.1 Å². The summed E-state index contributed by atoms with van der Waals surface area (Å²) in [6.07, 6.45) is -1.80. The molecule has 1 fully saturated rings. The highest BCUT2D eigenvalue weighted by atomic mass is 19.4. The summed E-state index contributed by atoms with van der Waals surface area (Å²) in [5.41, 5.74) is 0.747. The molecule has 0 radical (unpaired) electrons. The third-order valence-corrected chi connectivity index (χ3v) is 4.69. The molecular formula is C19H14F3N7O2. The Kier molecular flexibility index (Phi) is 5.24. The summed E-state index contributed by atoms with van der Waals surface area (Å²) in [6, 6.07) is 8.04. The van der Waals surface area contributed by atoms with E-state index in [0.717, 1.165) is 0 Å². The maximum atomic E-state index is 12.9. The van der Waals surface area contributed by atoms with Crippen LogP contribution >= 0.6 is 0 Å². The Balaban J connectivity index is 1.47. The van der Waals surface area contributed by atoms with Crippen LogP contribution in [0.3, 0.4) is 0 Å². The summed E-state index contributed by atoms with van der Waals surface area (Å²) < 4.78 is 42.3. The van der Waals surface area contributed by atoms with Crippen molar-refractivity contribution in [3.05, 3.63) is 53.8 Å². The van der Waals surface area contributed by atoms with E-state index in [1.165, 1.54) is 24.5 Å². The van der Waals surface area contributed by atoms with Crippen molar-refractivity contribution in [1.82, 2.24) is 25.0 Å². The lowest BCUT2D eigenvalue weighted by atomic mass is 10.1. The molecule has 0 spiro atoms. The molecule has 4 rings (SSSR count). The number of halogens is 3. The Hall–Kier alpha value is -4.01. The highest BCUT2D eigenvalue weighted by molar-refractivity contribution is 5.95. The SMILES string of the molecule is N#Cc1nccnc1N1CCN(C(=O)c2cccc(-c3noc(C(F)(F)F)n3)c2)CC1. The molecular weight excluding hydrogens is 415 g/mol. The molecule has 1 aromatic carbocycles. The van der Waals surface area contributed by atoms with Gasteiger partial charge in [0, 0.05) is 49.7 Å². The average molecular weight is 429 g/mol. The number of aromatic nitrogens is 4. The van der Waals surface area contributed by atoms with Crippen molar-refractivity contribution in [2.24, 2.45) is 0 Å². The number of carbonyl (C=O) groups excluding carboxylic acids is 1. The van der Waals surface area contributed by atoms with Crippen LogP contribution in [-0.4, -0.2) is 57.1 Å². The van der Waals surface area contributed by atoms with Gasteiger partial charge in [-0.05, 0) is 12.1 Å². The van der Waals surface area contributed by atoms with Crippen LogP contribution in [-0.2, 0) is 6.18 Å². The fourth-order valence-corrected chi connectivity index (χ4v) is 3.19. The van der Waals surface area contributed by atoms with E-state index in [-0.39, 0.29) is 23.0 Å². The molecule has 3 aromatic rings. The minimum Gasteiger partial charge on any atom is -0.351 e. The molecule has 1 aliphatic rings. The number of alkyl halides is 3. The minimum atomic E-state index is -4.74. The first-order valence-corrected chi connectivity index (χ1v) is 9.13. The van der Waals surface area contributed by atoms with Crippen LogP contribution in [0, 0.1) is 11.3 Å². The van der Waals surface area contributed by atoms with E-state index in [1.54, 1.807) is 17.0 Å². The van der Waals surface area contributed by atoms with Crippen LogP contribution in [0.2, 0.25) is 0 Å². The van der Waals surface area contributed by atoms with Gasteiger partial charge in [0.15, 0.2) is 11.5 Å². The zero-order valence-electron chi connectivity index (χ0n) is 15.9. The van der Waals surface area contributed by atoms with Crippen molar-refractivity contribution < 1.29 is 22.5 Å². The molecule has 1 saturated heterocycles. The second kappa shape index (κ2) is 8.02. The number of amides is 1. The lowest BCUT2D eigenvalue weighted by molar-refractivity contribution is -0.159. The van der Waals surface area contributed by atoms with Crippen molar-refractivity contribution in [3.8, 4) is 17.5 Å². The first-order chi connectivity index (χ1) is 14.9. The first-order valence-electron chi connectivity index (χ1n) is 9.13. The quantitative estimate of drug-likeness (QED) is 0.624. The number of benzene rings is 1. The summed E-state index contributed by atoms with van der Waals surface area (Å²) in [5, 5.41) is 12.5. The summed E-state index contributed by atoms with van der Waals surface area (Å²) in [6.45, 7) is 1.67. The molecule has 9 nitrogen and oxygen atoms in total. The van der Waals surface area contributed by atoms with E-state index in [1.807, 2.05) is 11.0 Å². The molecule has 31 heavy (non-hydrogen) atoms. The third-order valence-electron chi connectivity index (χ3n) is 4.69. The number of piperazine rings is 1. The molecule has 0 aliphatic carbocycles. The minimum absolute atomic E-state index is 0.216. The van der Waals surface area contributed by atoms with Gasteiger partial charge in [-0.2, -0.15) is 23.4 Å². The van der Waals surface area contributed by atoms with E-state index in [9.17, 15) is 23.2 Å². The van der Waals surface area contributed by atoms with Crippen LogP contribution in [0.4, 0.5) is 19.0 Å². The Morgan fingerprint density at radius 3 is 2.55 bits per heavy atom. The molecule has 1 aliphatic heterocycles. The van der Waals surface area contributed by atoms with E-state index >= 15 is 0 Å². The summed E-state index contributed by atoms with van der Waals surface area (Å²) in [7, 11) is 0. The van der Waals surface area contributed by atoms with Gasteiger partial charge in [0.2, 0.25) is 5.82 Å². The summed E-state index contributed by atoms with van der Waals surface area (Å²) in [5.74, 6) is -1.51. The van der Waals surface area contributed by atoms with Crippen LogP contribution in [0.1, 0.15) is 21.9 Å². The molecule has 2 aromatic heterocycles. The fourth-order valence-electron chi connectivity index (χ4n) is 3.19. The topological polar surface area (TPSA) is 112 Å². The Morgan fingerprint density at radius 1 is 1.13 bits per heavy atom. The second-order valence-corrected chi connectivity index (χ2v) is 6.62. The third kappa shape index (κ3) is 4.16. The van der Waals surface area contributed by atoms with E-state index in [4.69, 9.17) is 0 Å². The molecule has 158 valence electrons. The van der Waals surface area contributed by atoms with Gasteiger partial charge in [-0.15, -0.1) is 0 Å². The maximum absolute atomic E-state index is 12.9. The Labute approximate surface area is 173 Å². The highest BCUT2D eigenvalue weighted by Crippen LogP contribution is 2.29. The van der Waals surface area contributed by atoms with Gasteiger partial charge in [-0.3, -0.25) is 4.79 Å². The molecule has 12 heteroatoms. The smallest absolute Gasteiger partial charge is 0.351 e. The molecule has 0 bridgehead atoms. The number of hydrogen-bond acceptors (Lipinski definition) is 8. The van der Waals surface area contributed by atoms with Crippen molar-refractivity contribution in [2.45, 2.75) is 6.18 Å². The normalized spacial score (nSPS) is 14.4. The summed E-state index contributed by atoms with van der Waals surface area (Å²) in [4.78, 5) is 27.9. The molecule has 0 N–H and O–H groups in total. The zero-order valence-corrected chi connectivity index (χ0v) is 15.9. The second-order valence-electron chi connectivity index (χ2n) is 6.62. The van der Waals surface area contributed by atoms with Crippen LogP contribution in [0.5, 0.6) is 0 Å². The first kappa shape index (κ1) is 20.3. The predicted molar refractivity (Wildman–Crippen MR) is 99.6 cm³/mol. The number of rotatable bonds is 3. The van der Waals surface area contributed by atoms with Crippen molar-refractivity contribution in [3.63, 3.8) is 0 Å². The molecule has 3 heterocycles. The maximum Gasteiger partial charge on any atom is 0.471 e. The fraction of sp³-hybridized carbons (Fsp3) is 0.263. The van der Waals surface area contributed by atoms with Crippen LogP contribution in [0.25, 0.3) is 11.4 Å². The van der Waals surface area contributed by atoms with Crippen molar-refractivity contribution in [2.75, 3.05) is 31.1 Å². The predicted octanol–water partition coefficient (Wildman–Crippen LogP) is 2.38. The number of nitriles is 1. The largest absolute Gasteiger partial charge is 0.471 e. The van der Waals surface area contributed by atoms with Crippen LogP contribution in [0.15, 0.2) is 41.2 Å². The highest BCUT2D eigenvalue weighted by Gasteiger charge is 2.38. The van der Waals surface area contributed by atoms with Gasteiger partial charge in [0.05, 0.1) is 0 Å². The van der Waals surface area contributed by atoms with Gasteiger partial charge >= 0.3 is 12.1 Å². The van der Waals surface area contributed by atoms with Gasteiger partial charge < -0.3 is 14.3 Å². The zero-order chi connectivity index (χ0) is 22.0. The van der Waals surface area contributed by atoms with Gasteiger partial charge in [-0.25, -0.2) is 9.97 Å². The van der Waals surface area contributed by atoms with Crippen molar-refractivity contribution >= 4 is 11.7 Å². The monoisotopic (exact) mass is 429 g/mol. The number of hydrogen-bond donors (Lipinski definition) is 0. The van der Waals surface area contributed by atoms with Gasteiger partial charge in [0.1, 0.15) is 6.07 Å². The molecule has 0 unspecified atom stereocenters. The van der Waals surface area contributed by atoms with Crippen LogP contribution < -0.4 is 4.90 Å². The van der Waals surface area contributed by atoms with E-state index in [2.05, 4.69) is 24.6 Å². The van der Waals surface area contributed by atoms with Crippen molar-refractivity contribution in [1.29, 1.82) is 5.26 Å². The lowest BCUT2D eigenvalue weighted by Crippen LogP contribution is -2.49. The Bertz CT molecular complexity index is 1150. The number of nitrogens with zero attached hydrogens (tertiary/aromatic N) is 7. The molecule has 0 saturated carbocycles. The lowest BCUT2D eigenvalue weighted by Gasteiger charge is -2.35. The van der Waals surface area contributed by atoms with E-state index in [0.29, 0.717) is 37.6 Å². The molecule has 1 amide bonds. The van der Waals surface area contributed by atoms with Gasteiger partial charge in [0.25, 0.3) is 5.91 Å². The number of carbonyl (C=O) groups is 1.